The van der Waals surface area contributed by atoms with Gasteiger partial charge in [-0.25, -0.2) is 0 Å². The smallest absolute Gasteiger partial charge is 0.104 e. The van der Waals surface area contributed by atoms with Crippen molar-refractivity contribution in [2.75, 3.05) is 0 Å². The Labute approximate surface area is 112 Å². The summed E-state index contributed by atoms with van der Waals surface area (Å²) in [6.45, 7) is 0. The van der Waals surface area contributed by atoms with E-state index in [2.05, 4.69) is 12.1 Å². The Balaban J connectivity index is 1.82. The molecule has 0 saturated heterocycles. The van der Waals surface area contributed by atoms with E-state index in [1.807, 2.05) is 24.3 Å². The molecule has 0 heterocycles. The SMILES string of the molecule is OC(c1ccc(Cl)cc1)c1ccc(C2CC2)cc1. The van der Waals surface area contributed by atoms with Gasteiger partial charge in [-0.05, 0) is 47.6 Å². The number of hydrogen-bond acceptors (Lipinski definition) is 1. The monoisotopic (exact) mass is 258 g/mol. The van der Waals surface area contributed by atoms with Gasteiger partial charge in [0.25, 0.3) is 0 Å². The molecule has 2 aromatic rings. The van der Waals surface area contributed by atoms with Gasteiger partial charge in [-0.2, -0.15) is 0 Å². The fourth-order valence-corrected chi connectivity index (χ4v) is 2.33. The molecule has 18 heavy (non-hydrogen) atoms. The molecule has 0 spiro atoms. The van der Waals surface area contributed by atoms with Crippen molar-refractivity contribution in [1.82, 2.24) is 0 Å². The van der Waals surface area contributed by atoms with Gasteiger partial charge in [-0.15, -0.1) is 0 Å². The normalized spacial score (nSPS) is 16.6. The van der Waals surface area contributed by atoms with Crippen LogP contribution in [-0.4, -0.2) is 5.11 Å². The van der Waals surface area contributed by atoms with Crippen LogP contribution in [0.5, 0.6) is 0 Å². The maximum atomic E-state index is 10.3. The molecule has 1 N–H and O–H groups in total. The van der Waals surface area contributed by atoms with Crippen LogP contribution in [0.1, 0.15) is 41.6 Å². The molecule has 1 unspecified atom stereocenters. The van der Waals surface area contributed by atoms with Crippen molar-refractivity contribution >= 4 is 11.6 Å². The molecule has 0 aliphatic heterocycles. The summed E-state index contributed by atoms with van der Waals surface area (Å²) in [7, 11) is 0. The quantitative estimate of drug-likeness (QED) is 0.870. The lowest BCUT2D eigenvalue weighted by Gasteiger charge is -2.12. The van der Waals surface area contributed by atoms with E-state index in [1.165, 1.54) is 18.4 Å². The number of aliphatic hydroxyl groups is 1. The van der Waals surface area contributed by atoms with Crippen molar-refractivity contribution in [2.45, 2.75) is 24.9 Å². The van der Waals surface area contributed by atoms with E-state index >= 15 is 0 Å². The van der Waals surface area contributed by atoms with Crippen molar-refractivity contribution in [3.05, 3.63) is 70.2 Å². The number of rotatable bonds is 3. The van der Waals surface area contributed by atoms with E-state index < -0.39 is 6.10 Å². The minimum Gasteiger partial charge on any atom is -0.384 e. The van der Waals surface area contributed by atoms with Gasteiger partial charge in [0.1, 0.15) is 6.10 Å². The number of halogens is 1. The lowest BCUT2D eigenvalue weighted by Crippen LogP contribution is -1.99. The van der Waals surface area contributed by atoms with E-state index in [0.29, 0.717) is 5.02 Å². The molecule has 92 valence electrons. The van der Waals surface area contributed by atoms with Crippen LogP contribution in [0.25, 0.3) is 0 Å². The standard InChI is InChI=1S/C16H15ClO/c17-15-9-7-14(8-10-15)16(18)13-5-3-12(4-6-13)11-1-2-11/h3-11,16,18H,1-2H2. The summed E-state index contributed by atoms with van der Waals surface area (Å²) in [5, 5.41) is 11.0. The minimum atomic E-state index is -0.574. The van der Waals surface area contributed by atoms with Gasteiger partial charge in [0.15, 0.2) is 0 Å². The predicted octanol–water partition coefficient (Wildman–Crippen LogP) is 4.30. The largest absolute Gasteiger partial charge is 0.384 e. The highest BCUT2D eigenvalue weighted by Crippen LogP contribution is 2.40. The third-order valence-electron chi connectivity index (χ3n) is 3.49. The molecule has 2 heteroatoms. The lowest BCUT2D eigenvalue weighted by atomic mass is 9.99. The first-order valence-electron chi connectivity index (χ1n) is 6.27. The zero-order chi connectivity index (χ0) is 12.5. The Bertz CT molecular complexity index is 526. The first kappa shape index (κ1) is 11.8. The molecule has 1 fully saturated rings. The Morgan fingerprint density at radius 1 is 0.889 bits per heavy atom. The average Bonchev–Trinajstić information content (AvgIpc) is 3.23. The molecule has 3 rings (SSSR count). The zero-order valence-corrected chi connectivity index (χ0v) is 10.8. The van der Waals surface area contributed by atoms with Crippen molar-refractivity contribution < 1.29 is 5.11 Å². The molecule has 1 aliphatic rings. The molecular weight excluding hydrogens is 244 g/mol. The highest BCUT2D eigenvalue weighted by molar-refractivity contribution is 6.30. The Morgan fingerprint density at radius 2 is 1.39 bits per heavy atom. The first-order valence-corrected chi connectivity index (χ1v) is 6.65. The second-order valence-corrected chi connectivity index (χ2v) is 5.33. The molecule has 0 bridgehead atoms. The molecule has 1 saturated carbocycles. The van der Waals surface area contributed by atoms with Crippen molar-refractivity contribution in [3.8, 4) is 0 Å². The van der Waals surface area contributed by atoms with Crippen LogP contribution < -0.4 is 0 Å². The third-order valence-corrected chi connectivity index (χ3v) is 3.74. The van der Waals surface area contributed by atoms with Crippen LogP contribution in [0.15, 0.2) is 48.5 Å². The van der Waals surface area contributed by atoms with Gasteiger partial charge in [-0.1, -0.05) is 48.0 Å². The van der Waals surface area contributed by atoms with E-state index in [1.54, 1.807) is 12.1 Å². The molecule has 2 aromatic carbocycles. The third kappa shape index (κ3) is 2.43. The summed E-state index contributed by atoms with van der Waals surface area (Å²) in [6.07, 6.45) is 2.04. The van der Waals surface area contributed by atoms with E-state index in [-0.39, 0.29) is 0 Å². The molecule has 1 atom stereocenters. The van der Waals surface area contributed by atoms with Gasteiger partial charge < -0.3 is 5.11 Å². The lowest BCUT2D eigenvalue weighted by molar-refractivity contribution is 0.220. The number of hydrogen-bond donors (Lipinski definition) is 1. The zero-order valence-electron chi connectivity index (χ0n) is 10.0. The van der Waals surface area contributed by atoms with E-state index in [0.717, 1.165) is 17.0 Å². The second-order valence-electron chi connectivity index (χ2n) is 4.90. The highest BCUT2D eigenvalue weighted by atomic mass is 35.5. The Morgan fingerprint density at radius 3 is 1.89 bits per heavy atom. The van der Waals surface area contributed by atoms with Crippen LogP contribution in [-0.2, 0) is 0 Å². The summed E-state index contributed by atoms with van der Waals surface area (Å²) in [6, 6.07) is 15.6. The van der Waals surface area contributed by atoms with Crippen molar-refractivity contribution in [1.29, 1.82) is 0 Å². The second kappa shape index (κ2) is 4.75. The Kier molecular flexibility index (Phi) is 3.11. The maximum Gasteiger partial charge on any atom is 0.104 e. The van der Waals surface area contributed by atoms with E-state index in [9.17, 15) is 5.11 Å². The van der Waals surface area contributed by atoms with Crippen LogP contribution in [0, 0.1) is 0 Å². The number of benzene rings is 2. The van der Waals surface area contributed by atoms with Crippen molar-refractivity contribution in [2.24, 2.45) is 0 Å². The van der Waals surface area contributed by atoms with Crippen LogP contribution in [0.2, 0.25) is 5.02 Å². The fraction of sp³-hybridized carbons (Fsp3) is 0.250. The summed E-state index contributed by atoms with van der Waals surface area (Å²) < 4.78 is 0. The van der Waals surface area contributed by atoms with E-state index in [4.69, 9.17) is 11.6 Å². The van der Waals surface area contributed by atoms with Crippen LogP contribution in [0.4, 0.5) is 0 Å². The minimum absolute atomic E-state index is 0.574. The first-order chi connectivity index (χ1) is 8.74. The molecule has 0 amide bonds. The van der Waals surface area contributed by atoms with Crippen LogP contribution in [0.3, 0.4) is 0 Å². The highest BCUT2D eigenvalue weighted by Gasteiger charge is 2.23. The van der Waals surface area contributed by atoms with Gasteiger partial charge >= 0.3 is 0 Å². The Hall–Kier alpha value is -1.31. The van der Waals surface area contributed by atoms with Crippen molar-refractivity contribution in [3.63, 3.8) is 0 Å². The summed E-state index contributed by atoms with van der Waals surface area (Å²) in [4.78, 5) is 0. The molecule has 1 nitrogen and oxygen atoms in total. The molecule has 1 aliphatic carbocycles. The molecular formula is C16H15ClO. The summed E-state index contributed by atoms with van der Waals surface area (Å²) >= 11 is 5.84. The molecule has 0 radical (unpaired) electrons. The molecule has 0 aromatic heterocycles. The average molecular weight is 259 g/mol. The topological polar surface area (TPSA) is 20.2 Å². The summed E-state index contributed by atoms with van der Waals surface area (Å²) in [5.41, 5.74) is 3.20. The van der Waals surface area contributed by atoms with Gasteiger partial charge in [-0.3, -0.25) is 0 Å². The van der Waals surface area contributed by atoms with Gasteiger partial charge in [0.2, 0.25) is 0 Å². The predicted molar refractivity (Wildman–Crippen MR) is 73.9 cm³/mol. The number of aliphatic hydroxyl groups excluding tert-OH is 1. The van der Waals surface area contributed by atoms with Gasteiger partial charge in [0, 0.05) is 5.02 Å². The summed E-state index contributed by atoms with van der Waals surface area (Å²) in [5.74, 6) is 0.756. The van der Waals surface area contributed by atoms with Crippen LogP contribution >= 0.6 is 11.6 Å². The fourth-order valence-electron chi connectivity index (χ4n) is 2.20. The van der Waals surface area contributed by atoms with Gasteiger partial charge in [0.05, 0.1) is 0 Å². The maximum absolute atomic E-state index is 10.3.